The molecule has 0 bridgehead atoms. The molecule has 4 nitrogen and oxygen atoms in total. The van der Waals surface area contributed by atoms with E-state index in [0.717, 1.165) is 31.6 Å². The van der Waals surface area contributed by atoms with Crippen LogP contribution in [-0.4, -0.2) is 38.0 Å². The van der Waals surface area contributed by atoms with Gasteiger partial charge in [0.25, 0.3) is 0 Å². The molecule has 2 heterocycles. The Hall–Kier alpha value is -1.46. The fraction of sp³-hybridized carbons (Fsp3) is 0.438. The number of aliphatic imine (C=N–C) groups is 1. The molecule has 1 aromatic carbocycles. The minimum absolute atomic E-state index is 0.293. The van der Waals surface area contributed by atoms with E-state index in [2.05, 4.69) is 22.9 Å². The molecule has 1 fully saturated rings. The van der Waals surface area contributed by atoms with Crippen molar-refractivity contribution in [3.8, 4) is 0 Å². The smallest absolute Gasteiger partial charge is 0.226 e. The van der Waals surface area contributed by atoms with Crippen LogP contribution in [0, 0.1) is 11.8 Å². The van der Waals surface area contributed by atoms with Crippen molar-refractivity contribution in [3.63, 3.8) is 0 Å². The first-order chi connectivity index (χ1) is 10.1. The molecule has 0 radical (unpaired) electrons. The normalized spacial score (nSPS) is 30.0. The molecule has 0 aromatic heterocycles. The van der Waals surface area contributed by atoms with E-state index >= 15 is 0 Å². The molecule has 2 aliphatic heterocycles. The molecule has 0 saturated carbocycles. The molecule has 2 atom stereocenters. The second-order valence-corrected chi connectivity index (χ2v) is 7.89. The van der Waals surface area contributed by atoms with Crippen molar-refractivity contribution in [2.75, 3.05) is 19.6 Å². The van der Waals surface area contributed by atoms with E-state index in [9.17, 15) is 8.42 Å². The standard InChI is InChI=1S/C16H18N2O2S/c1-2-18-9-12-7-11(8-13(12)10-18)16-17-14-5-3-4-6-15(14)21(16,19)20/h3-7,12-13H,2,8-10H2,1H3. The Morgan fingerprint density at radius 2 is 2.10 bits per heavy atom. The Labute approximate surface area is 125 Å². The molecule has 1 saturated heterocycles. The summed E-state index contributed by atoms with van der Waals surface area (Å²) in [5.41, 5.74) is 1.51. The summed E-state index contributed by atoms with van der Waals surface area (Å²) in [4.78, 5) is 7.19. The predicted octanol–water partition coefficient (Wildman–Crippen LogP) is 2.40. The van der Waals surface area contributed by atoms with E-state index in [1.807, 2.05) is 6.07 Å². The maximum absolute atomic E-state index is 12.6. The van der Waals surface area contributed by atoms with Crippen LogP contribution in [0.2, 0.25) is 0 Å². The van der Waals surface area contributed by atoms with Crippen LogP contribution in [0.3, 0.4) is 0 Å². The molecule has 110 valence electrons. The van der Waals surface area contributed by atoms with Crippen molar-refractivity contribution in [1.29, 1.82) is 0 Å². The summed E-state index contributed by atoms with van der Waals surface area (Å²) < 4.78 is 25.3. The number of benzene rings is 1. The van der Waals surface area contributed by atoms with Crippen LogP contribution in [-0.2, 0) is 9.84 Å². The Kier molecular flexibility index (Phi) is 2.84. The molecule has 0 spiro atoms. The van der Waals surface area contributed by atoms with Gasteiger partial charge in [0.05, 0.1) is 10.6 Å². The number of nitrogens with zero attached hydrogens (tertiary/aromatic N) is 2. The van der Waals surface area contributed by atoms with Gasteiger partial charge in [-0.25, -0.2) is 13.4 Å². The van der Waals surface area contributed by atoms with Crippen molar-refractivity contribution in [1.82, 2.24) is 4.90 Å². The zero-order valence-corrected chi connectivity index (χ0v) is 12.8. The predicted molar refractivity (Wildman–Crippen MR) is 82.5 cm³/mol. The molecule has 4 rings (SSSR count). The topological polar surface area (TPSA) is 49.7 Å². The summed E-state index contributed by atoms with van der Waals surface area (Å²) in [5, 5.41) is 0.293. The van der Waals surface area contributed by atoms with Gasteiger partial charge >= 0.3 is 0 Å². The van der Waals surface area contributed by atoms with Gasteiger partial charge in [0.2, 0.25) is 9.84 Å². The third-order valence-electron chi connectivity index (χ3n) is 4.82. The molecule has 1 aliphatic carbocycles. The third-order valence-corrected chi connectivity index (χ3v) is 6.60. The molecule has 0 N–H and O–H groups in total. The van der Waals surface area contributed by atoms with Gasteiger partial charge in [-0.3, -0.25) is 0 Å². The summed E-state index contributed by atoms with van der Waals surface area (Å²) in [6, 6.07) is 7.01. The number of sulfone groups is 1. The van der Waals surface area contributed by atoms with Gasteiger partial charge in [0, 0.05) is 13.1 Å². The summed E-state index contributed by atoms with van der Waals surface area (Å²) in [7, 11) is -3.41. The summed E-state index contributed by atoms with van der Waals surface area (Å²) >= 11 is 0. The van der Waals surface area contributed by atoms with Gasteiger partial charge in [-0.15, -0.1) is 0 Å². The molecule has 2 unspecified atom stereocenters. The van der Waals surface area contributed by atoms with Crippen molar-refractivity contribution in [2.45, 2.75) is 18.2 Å². The van der Waals surface area contributed by atoms with E-state index in [1.165, 1.54) is 0 Å². The van der Waals surface area contributed by atoms with Gasteiger partial charge in [-0.2, -0.15) is 0 Å². The zero-order chi connectivity index (χ0) is 14.6. The number of fused-ring (bicyclic) bond motifs is 2. The number of para-hydroxylation sites is 1. The lowest BCUT2D eigenvalue weighted by atomic mass is 10.00. The van der Waals surface area contributed by atoms with Gasteiger partial charge in [0.15, 0.2) is 5.04 Å². The second-order valence-electron chi connectivity index (χ2n) is 6.06. The molecule has 3 aliphatic rings. The van der Waals surface area contributed by atoms with Gasteiger partial charge in [-0.05, 0) is 42.5 Å². The minimum Gasteiger partial charge on any atom is -0.303 e. The lowest BCUT2D eigenvalue weighted by Gasteiger charge is -2.13. The monoisotopic (exact) mass is 302 g/mol. The highest BCUT2D eigenvalue weighted by molar-refractivity contribution is 8.07. The molecule has 21 heavy (non-hydrogen) atoms. The van der Waals surface area contributed by atoms with Crippen LogP contribution in [0.5, 0.6) is 0 Å². The summed E-state index contributed by atoms with van der Waals surface area (Å²) in [5.74, 6) is 1.04. The molecular weight excluding hydrogens is 284 g/mol. The Bertz CT molecular complexity index is 764. The number of likely N-dealkylation sites (tertiary alicyclic amines) is 1. The van der Waals surface area contributed by atoms with E-state index < -0.39 is 9.84 Å². The Morgan fingerprint density at radius 1 is 1.29 bits per heavy atom. The average Bonchev–Trinajstić information content (AvgIpc) is 3.09. The van der Waals surface area contributed by atoms with Crippen LogP contribution in [0.15, 0.2) is 45.8 Å². The zero-order valence-electron chi connectivity index (χ0n) is 12.0. The molecule has 0 amide bonds. The van der Waals surface area contributed by atoms with Gasteiger partial charge in [-0.1, -0.05) is 25.1 Å². The number of hydrogen-bond acceptors (Lipinski definition) is 4. The average molecular weight is 302 g/mol. The van der Waals surface area contributed by atoms with Crippen LogP contribution in [0.4, 0.5) is 5.69 Å². The fourth-order valence-electron chi connectivity index (χ4n) is 3.71. The first-order valence-corrected chi connectivity index (χ1v) is 8.94. The number of rotatable bonds is 2. The maximum atomic E-state index is 12.6. The van der Waals surface area contributed by atoms with E-state index in [1.54, 1.807) is 18.2 Å². The van der Waals surface area contributed by atoms with Crippen molar-refractivity contribution < 1.29 is 8.42 Å². The van der Waals surface area contributed by atoms with E-state index in [-0.39, 0.29) is 0 Å². The molecule has 1 aromatic rings. The fourth-order valence-corrected chi connectivity index (χ4v) is 5.28. The van der Waals surface area contributed by atoms with E-state index in [4.69, 9.17) is 0 Å². The minimum atomic E-state index is -3.41. The second kappa shape index (κ2) is 4.52. The van der Waals surface area contributed by atoms with Crippen LogP contribution in [0.25, 0.3) is 0 Å². The highest BCUT2D eigenvalue weighted by Gasteiger charge is 2.41. The molecular formula is C16H18N2O2S. The number of hydrogen-bond donors (Lipinski definition) is 0. The highest BCUT2D eigenvalue weighted by Crippen LogP contribution is 2.42. The van der Waals surface area contributed by atoms with Crippen molar-refractivity contribution in [2.24, 2.45) is 16.8 Å². The van der Waals surface area contributed by atoms with Gasteiger partial charge < -0.3 is 4.90 Å². The SMILES string of the molecule is CCN1CC2C=C(C3=Nc4ccccc4S3(=O)=O)CC2C1. The van der Waals surface area contributed by atoms with Gasteiger partial charge in [0.1, 0.15) is 0 Å². The maximum Gasteiger partial charge on any atom is 0.226 e. The largest absolute Gasteiger partial charge is 0.303 e. The third kappa shape index (κ3) is 1.91. The quantitative estimate of drug-likeness (QED) is 0.843. The van der Waals surface area contributed by atoms with Crippen LogP contribution >= 0.6 is 0 Å². The van der Waals surface area contributed by atoms with Crippen LogP contribution < -0.4 is 0 Å². The Morgan fingerprint density at radius 3 is 2.81 bits per heavy atom. The first kappa shape index (κ1) is 13.2. The lowest BCUT2D eigenvalue weighted by Crippen LogP contribution is -2.21. The summed E-state index contributed by atoms with van der Waals surface area (Å²) in [6.07, 6.45) is 3.00. The highest BCUT2D eigenvalue weighted by atomic mass is 32.2. The summed E-state index contributed by atoms with van der Waals surface area (Å²) in [6.45, 7) is 5.36. The van der Waals surface area contributed by atoms with E-state index in [0.29, 0.717) is 27.5 Å². The Balaban J connectivity index is 1.68. The van der Waals surface area contributed by atoms with Crippen molar-refractivity contribution >= 4 is 20.6 Å². The first-order valence-electron chi connectivity index (χ1n) is 7.46. The van der Waals surface area contributed by atoms with Crippen molar-refractivity contribution in [3.05, 3.63) is 35.9 Å². The van der Waals surface area contributed by atoms with Crippen LogP contribution in [0.1, 0.15) is 13.3 Å². The molecule has 5 heteroatoms. The lowest BCUT2D eigenvalue weighted by molar-refractivity contribution is 0.340.